The van der Waals surface area contributed by atoms with Gasteiger partial charge in [-0.3, -0.25) is 4.90 Å². The van der Waals surface area contributed by atoms with Gasteiger partial charge in [0.2, 0.25) is 0 Å². The summed E-state index contributed by atoms with van der Waals surface area (Å²) < 4.78 is 37.0. The Morgan fingerprint density at radius 2 is 1.61 bits per heavy atom. The third-order valence-corrected chi connectivity index (χ3v) is 9.40. The Bertz CT molecular complexity index is 1110. The van der Waals surface area contributed by atoms with Crippen LogP contribution in [0.15, 0.2) is 47.4 Å². The van der Waals surface area contributed by atoms with E-state index in [1.807, 2.05) is 45.0 Å². The smallest absolute Gasteiger partial charge is 0.410 e. The molecule has 3 aliphatic carbocycles. The largest absolute Gasteiger partial charge is 0.490 e. The molecule has 7 heteroatoms. The molecule has 164 valence electrons. The Hall–Kier alpha value is -2.54. The molecule has 1 unspecified atom stereocenters. The predicted molar refractivity (Wildman–Crippen MR) is 116 cm³/mol. The van der Waals surface area contributed by atoms with Crippen molar-refractivity contribution in [3.63, 3.8) is 0 Å². The maximum Gasteiger partial charge on any atom is 0.410 e. The summed E-state index contributed by atoms with van der Waals surface area (Å²) in [6.45, 7) is 6.69. The van der Waals surface area contributed by atoms with E-state index in [0.29, 0.717) is 30.7 Å². The number of carbonyl (C=O) groups excluding carboxylic acids is 1. The molecule has 0 N–H and O–H groups in total. The van der Waals surface area contributed by atoms with Crippen molar-refractivity contribution in [1.29, 1.82) is 0 Å². The number of nitrogens with zero attached hydrogens (tertiary/aromatic N) is 1. The first-order valence-electron chi connectivity index (χ1n) is 10.6. The van der Waals surface area contributed by atoms with Gasteiger partial charge in [0.1, 0.15) is 12.4 Å². The average molecular weight is 442 g/mol. The number of hydrogen-bond donors (Lipinski definition) is 0. The van der Waals surface area contributed by atoms with Crippen molar-refractivity contribution in [2.45, 2.75) is 61.3 Å². The van der Waals surface area contributed by atoms with E-state index in [-0.39, 0.29) is 24.3 Å². The van der Waals surface area contributed by atoms with Gasteiger partial charge in [-0.1, -0.05) is 23.8 Å². The average Bonchev–Trinajstić information content (AvgIpc) is 2.98. The zero-order valence-corrected chi connectivity index (χ0v) is 18.9. The van der Waals surface area contributed by atoms with E-state index in [0.717, 1.165) is 22.4 Å². The highest BCUT2D eigenvalue weighted by molar-refractivity contribution is 7.93. The van der Waals surface area contributed by atoms with Crippen LogP contribution < -0.4 is 4.74 Å². The van der Waals surface area contributed by atoms with Gasteiger partial charge in [-0.2, -0.15) is 0 Å². The van der Waals surface area contributed by atoms with Crippen molar-refractivity contribution >= 4 is 15.9 Å². The lowest BCUT2D eigenvalue weighted by molar-refractivity contribution is -0.0953. The Balaban J connectivity index is 1.22. The predicted octanol–water partition coefficient (Wildman–Crippen LogP) is 3.96. The van der Waals surface area contributed by atoms with Crippen molar-refractivity contribution in [1.82, 2.24) is 4.90 Å². The number of cyclic esters (lactones) is 1. The van der Waals surface area contributed by atoms with Crippen molar-refractivity contribution in [2.75, 3.05) is 13.2 Å². The summed E-state index contributed by atoms with van der Waals surface area (Å²) in [7, 11) is -3.41. The molecule has 2 aromatic carbocycles. The highest BCUT2D eigenvalue weighted by Crippen LogP contribution is 2.69. The molecule has 1 heterocycles. The molecule has 31 heavy (non-hydrogen) atoms. The van der Waals surface area contributed by atoms with Crippen LogP contribution in [0.3, 0.4) is 0 Å². The number of sulfone groups is 1. The van der Waals surface area contributed by atoms with Crippen molar-refractivity contribution < 1.29 is 22.7 Å². The number of rotatable bonds is 6. The maximum absolute atomic E-state index is 13.1. The fourth-order valence-corrected chi connectivity index (χ4v) is 7.75. The van der Waals surface area contributed by atoms with Gasteiger partial charge in [0, 0.05) is 0 Å². The van der Waals surface area contributed by atoms with Crippen LogP contribution in [0.5, 0.6) is 5.75 Å². The summed E-state index contributed by atoms with van der Waals surface area (Å²) >= 11 is 0. The monoisotopic (exact) mass is 441 g/mol. The minimum atomic E-state index is -3.41. The molecule has 0 radical (unpaired) electrons. The van der Waals surface area contributed by atoms with Gasteiger partial charge >= 0.3 is 6.09 Å². The Morgan fingerprint density at radius 1 is 1.00 bits per heavy atom. The summed E-state index contributed by atoms with van der Waals surface area (Å²) in [6.07, 6.45) is 0.726. The van der Waals surface area contributed by atoms with Gasteiger partial charge in [-0.25, -0.2) is 13.2 Å². The lowest BCUT2D eigenvalue weighted by Gasteiger charge is -2.71. The van der Waals surface area contributed by atoms with Crippen LogP contribution in [0.25, 0.3) is 0 Å². The molecular formula is C24H27NO5S. The number of benzene rings is 2. The molecule has 4 fully saturated rings. The number of aryl methyl sites for hydroxylation is 3. The Morgan fingerprint density at radius 3 is 2.23 bits per heavy atom. The summed E-state index contributed by atoms with van der Waals surface area (Å²) in [5.41, 5.74) is 2.88. The number of amides is 1. The zero-order valence-electron chi connectivity index (χ0n) is 18.1. The highest BCUT2D eigenvalue weighted by atomic mass is 32.2. The normalized spacial score (nSPS) is 29.2. The number of ether oxygens (including phenoxy) is 2. The third-order valence-electron chi connectivity index (χ3n) is 6.93. The van der Waals surface area contributed by atoms with Gasteiger partial charge < -0.3 is 9.47 Å². The van der Waals surface area contributed by atoms with E-state index in [9.17, 15) is 13.2 Å². The molecule has 1 saturated heterocycles. The van der Waals surface area contributed by atoms with Gasteiger partial charge in [-0.15, -0.1) is 0 Å². The molecule has 4 aliphatic rings. The molecule has 1 atom stereocenters. The van der Waals surface area contributed by atoms with Crippen LogP contribution in [-0.2, 0) is 14.6 Å². The van der Waals surface area contributed by atoms with Crippen molar-refractivity contribution in [3.05, 3.63) is 59.2 Å². The summed E-state index contributed by atoms with van der Waals surface area (Å²) in [5, 5.41) is 0. The first kappa shape index (κ1) is 20.4. The number of carbonyl (C=O) groups is 1. The quantitative estimate of drug-likeness (QED) is 0.678. The minimum absolute atomic E-state index is 0.286. The summed E-state index contributed by atoms with van der Waals surface area (Å²) in [4.78, 5) is 14.6. The van der Waals surface area contributed by atoms with Crippen LogP contribution in [0.2, 0.25) is 0 Å². The van der Waals surface area contributed by atoms with E-state index in [1.54, 1.807) is 17.0 Å². The van der Waals surface area contributed by atoms with E-state index in [1.165, 1.54) is 0 Å². The van der Waals surface area contributed by atoms with Crippen LogP contribution in [0, 0.1) is 20.8 Å². The van der Waals surface area contributed by atoms with Gasteiger partial charge in [-0.05, 0) is 75.4 Å². The van der Waals surface area contributed by atoms with E-state index >= 15 is 0 Å². The first-order valence-corrected chi connectivity index (χ1v) is 12.1. The molecule has 0 aromatic heterocycles. The Kier molecular flexibility index (Phi) is 4.42. The molecule has 6 rings (SSSR count). The topological polar surface area (TPSA) is 72.9 Å². The molecule has 3 saturated carbocycles. The minimum Gasteiger partial charge on any atom is -0.490 e. The maximum atomic E-state index is 13.1. The molecule has 2 bridgehead atoms. The highest BCUT2D eigenvalue weighted by Gasteiger charge is 2.77. The summed E-state index contributed by atoms with van der Waals surface area (Å²) in [6, 6.07) is 13.0. The van der Waals surface area contributed by atoms with Crippen LogP contribution in [0.4, 0.5) is 4.79 Å². The molecular weight excluding hydrogens is 414 g/mol. The lowest BCUT2D eigenvalue weighted by Crippen LogP contribution is -2.81. The number of hydrogen-bond acceptors (Lipinski definition) is 5. The zero-order chi connectivity index (χ0) is 22.0. The third kappa shape index (κ3) is 3.13. The lowest BCUT2D eigenvalue weighted by atomic mass is 9.48. The van der Waals surface area contributed by atoms with Crippen molar-refractivity contribution in [3.8, 4) is 5.75 Å². The second-order valence-electron chi connectivity index (χ2n) is 9.50. The van der Waals surface area contributed by atoms with Crippen molar-refractivity contribution in [2.24, 2.45) is 0 Å². The molecule has 2 aromatic rings. The van der Waals surface area contributed by atoms with Gasteiger partial charge in [0.15, 0.2) is 15.9 Å². The fraction of sp³-hybridized carbons (Fsp3) is 0.458. The molecule has 6 nitrogen and oxygen atoms in total. The van der Waals surface area contributed by atoms with E-state index in [2.05, 4.69) is 6.07 Å². The second-order valence-corrected chi connectivity index (χ2v) is 11.8. The second kappa shape index (κ2) is 6.73. The van der Waals surface area contributed by atoms with Gasteiger partial charge in [0.25, 0.3) is 0 Å². The molecule has 1 amide bonds. The Labute approximate surface area is 183 Å². The fourth-order valence-electron chi connectivity index (χ4n) is 5.38. The van der Waals surface area contributed by atoms with Crippen LogP contribution in [-0.4, -0.2) is 49.0 Å². The van der Waals surface area contributed by atoms with E-state index < -0.39 is 14.6 Å². The van der Waals surface area contributed by atoms with Crippen LogP contribution >= 0.6 is 0 Å². The standard InChI is InChI=1S/C24H27NO5S/c1-16-4-6-21(7-5-16)31(27,28)24-13-23(14-24,15-24)25-11-20(30-22(25)26)12-29-19-9-17(2)8-18(3)10-19/h4-10,20H,11-15H2,1-3H3. The van der Waals surface area contributed by atoms with Gasteiger partial charge in [0.05, 0.1) is 21.7 Å². The SMILES string of the molecule is Cc1ccc(S(=O)(=O)C23CC(N4CC(COc5cc(C)cc(C)c5)OC4=O)(C2)C3)cc1. The first-order chi connectivity index (χ1) is 14.6. The summed E-state index contributed by atoms with van der Waals surface area (Å²) in [5.74, 6) is 0.764. The van der Waals surface area contributed by atoms with E-state index in [4.69, 9.17) is 9.47 Å². The molecule has 0 spiro atoms. The molecule has 1 aliphatic heterocycles. The van der Waals surface area contributed by atoms with Crippen LogP contribution in [0.1, 0.15) is 36.0 Å².